The summed E-state index contributed by atoms with van der Waals surface area (Å²) in [5, 5.41) is 7.33. The zero-order chi connectivity index (χ0) is 21.7. The molecule has 0 saturated carbocycles. The summed E-state index contributed by atoms with van der Waals surface area (Å²) in [6.45, 7) is 1.26. The van der Waals surface area contributed by atoms with Gasteiger partial charge >= 0.3 is 6.61 Å². The fourth-order valence-corrected chi connectivity index (χ4v) is 3.17. The summed E-state index contributed by atoms with van der Waals surface area (Å²) in [6.07, 6.45) is 0.744. The molecule has 0 aliphatic heterocycles. The largest absolute Gasteiger partial charge is 0.435 e. The van der Waals surface area contributed by atoms with Gasteiger partial charge in [0.25, 0.3) is 0 Å². The SMILES string of the molecule is Cc1nn(-c2ccc(F)cc2)c(C)c1CC(=O)NCCc1ccc(OC(F)F)cc1. The van der Waals surface area contributed by atoms with Crippen LogP contribution in [-0.2, 0) is 17.6 Å². The number of rotatable bonds is 8. The number of ether oxygens (including phenoxy) is 1. The summed E-state index contributed by atoms with van der Waals surface area (Å²) in [7, 11) is 0. The summed E-state index contributed by atoms with van der Waals surface area (Å²) in [4.78, 5) is 12.4. The molecule has 1 N–H and O–H groups in total. The molecule has 30 heavy (non-hydrogen) atoms. The van der Waals surface area contributed by atoms with E-state index in [4.69, 9.17) is 0 Å². The molecule has 3 aromatic rings. The Hall–Kier alpha value is -3.29. The Morgan fingerprint density at radius 2 is 1.77 bits per heavy atom. The van der Waals surface area contributed by atoms with Gasteiger partial charge in [-0.05, 0) is 62.2 Å². The normalized spacial score (nSPS) is 11.0. The van der Waals surface area contributed by atoms with Crippen molar-refractivity contribution in [1.82, 2.24) is 15.1 Å². The Labute approximate surface area is 172 Å². The van der Waals surface area contributed by atoms with Crippen molar-refractivity contribution in [3.63, 3.8) is 0 Å². The van der Waals surface area contributed by atoms with Crippen LogP contribution in [0.3, 0.4) is 0 Å². The Morgan fingerprint density at radius 1 is 1.10 bits per heavy atom. The van der Waals surface area contributed by atoms with Crippen molar-refractivity contribution in [2.75, 3.05) is 6.54 Å². The molecule has 0 fully saturated rings. The Kier molecular flexibility index (Phi) is 6.76. The van der Waals surface area contributed by atoms with E-state index in [1.165, 1.54) is 24.3 Å². The topological polar surface area (TPSA) is 56.2 Å². The van der Waals surface area contributed by atoms with Gasteiger partial charge in [0.1, 0.15) is 11.6 Å². The third-order valence-corrected chi connectivity index (χ3v) is 4.73. The monoisotopic (exact) mass is 417 g/mol. The number of aromatic nitrogens is 2. The van der Waals surface area contributed by atoms with Crippen molar-refractivity contribution in [3.8, 4) is 11.4 Å². The Morgan fingerprint density at radius 3 is 2.40 bits per heavy atom. The van der Waals surface area contributed by atoms with Crippen LogP contribution in [-0.4, -0.2) is 28.8 Å². The summed E-state index contributed by atoms with van der Waals surface area (Å²) in [5.74, 6) is -0.365. The highest BCUT2D eigenvalue weighted by molar-refractivity contribution is 5.79. The second-order valence-corrected chi connectivity index (χ2v) is 6.84. The van der Waals surface area contributed by atoms with E-state index in [9.17, 15) is 18.0 Å². The van der Waals surface area contributed by atoms with E-state index in [0.29, 0.717) is 13.0 Å². The molecule has 0 saturated heterocycles. The fourth-order valence-electron chi connectivity index (χ4n) is 3.17. The van der Waals surface area contributed by atoms with Crippen molar-refractivity contribution in [2.24, 2.45) is 0 Å². The van der Waals surface area contributed by atoms with Crippen LogP contribution in [0, 0.1) is 19.7 Å². The molecule has 1 heterocycles. The lowest BCUT2D eigenvalue weighted by atomic mass is 10.1. The quantitative estimate of drug-likeness (QED) is 0.600. The highest BCUT2D eigenvalue weighted by atomic mass is 19.3. The van der Waals surface area contributed by atoms with E-state index in [1.807, 2.05) is 13.8 Å². The first-order chi connectivity index (χ1) is 14.3. The molecule has 1 aromatic heterocycles. The van der Waals surface area contributed by atoms with Crippen molar-refractivity contribution in [1.29, 1.82) is 0 Å². The van der Waals surface area contributed by atoms with E-state index in [1.54, 1.807) is 28.9 Å². The minimum Gasteiger partial charge on any atom is -0.435 e. The first-order valence-electron chi connectivity index (χ1n) is 9.45. The number of halogens is 3. The van der Waals surface area contributed by atoms with Gasteiger partial charge in [-0.3, -0.25) is 4.79 Å². The highest BCUT2D eigenvalue weighted by Crippen LogP contribution is 2.19. The lowest BCUT2D eigenvalue weighted by Gasteiger charge is -2.08. The second-order valence-electron chi connectivity index (χ2n) is 6.84. The van der Waals surface area contributed by atoms with Gasteiger partial charge in [-0.1, -0.05) is 12.1 Å². The summed E-state index contributed by atoms with van der Waals surface area (Å²) in [5.41, 5.74) is 4.01. The van der Waals surface area contributed by atoms with Crippen molar-refractivity contribution < 1.29 is 22.7 Å². The number of alkyl halides is 2. The zero-order valence-corrected chi connectivity index (χ0v) is 16.7. The van der Waals surface area contributed by atoms with Crippen molar-refractivity contribution >= 4 is 5.91 Å². The molecule has 0 aliphatic rings. The lowest BCUT2D eigenvalue weighted by Crippen LogP contribution is -2.27. The predicted molar refractivity (Wildman–Crippen MR) is 106 cm³/mol. The molecule has 0 unspecified atom stereocenters. The number of hydrogen-bond donors (Lipinski definition) is 1. The van der Waals surface area contributed by atoms with Crippen molar-refractivity contribution in [3.05, 3.63) is 76.9 Å². The molecule has 1 amide bonds. The number of amides is 1. The minimum absolute atomic E-state index is 0.0990. The van der Waals surface area contributed by atoms with Crippen LogP contribution in [0.15, 0.2) is 48.5 Å². The molecule has 0 spiro atoms. The third kappa shape index (κ3) is 5.40. The average molecular weight is 417 g/mol. The number of benzene rings is 2. The molecule has 0 radical (unpaired) electrons. The van der Waals surface area contributed by atoms with Gasteiger partial charge in [-0.25, -0.2) is 9.07 Å². The Balaban J connectivity index is 1.55. The average Bonchev–Trinajstić information content (AvgIpc) is 2.98. The van der Waals surface area contributed by atoms with E-state index in [0.717, 1.165) is 28.2 Å². The minimum atomic E-state index is -2.85. The highest BCUT2D eigenvalue weighted by Gasteiger charge is 2.16. The molecule has 3 rings (SSSR count). The predicted octanol–water partition coefficient (Wildman–Crippen LogP) is 4.13. The number of aryl methyl sites for hydroxylation is 1. The maximum Gasteiger partial charge on any atom is 0.387 e. The molecule has 0 aliphatic carbocycles. The molecule has 8 heteroatoms. The summed E-state index contributed by atoms with van der Waals surface area (Å²) < 4.78 is 43.5. The lowest BCUT2D eigenvalue weighted by molar-refractivity contribution is -0.120. The van der Waals surface area contributed by atoms with Gasteiger partial charge in [0, 0.05) is 17.8 Å². The van der Waals surface area contributed by atoms with Crippen molar-refractivity contribution in [2.45, 2.75) is 33.3 Å². The van der Waals surface area contributed by atoms with Gasteiger partial charge in [-0.2, -0.15) is 13.9 Å². The van der Waals surface area contributed by atoms with Gasteiger partial charge in [0.15, 0.2) is 0 Å². The van der Waals surface area contributed by atoms with Crippen LogP contribution in [0.1, 0.15) is 22.5 Å². The summed E-state index contributed by atoms with van der Waals surface area (Å²) in [6, 6.07) is 12.3. The van der Waals surface area contributed by atoms with Crippen LogP contribution in [0.4, 0.5) is 13.2 Å². The number of nitrogens with one attached hydrogen (secondary N) is 1. The zero-order valence-electron chi connectivity index (χ0n) is 16.7. The van der Waals surface area contributed by atoms with Crippen LogP contribution >= 0.6 is 0 Å². The van der Waals surface area contributed by atoms with Crippen LogP contribution in [0.25, 0.3) is 5.69 Å². The van der Waals surface area contributed by atoms with Gasteiger partial charge < -0.3 is 10.1 Å². The van der Waals surface area contributed by atoms with Crippen LogP contribution in [0.2, 0.25) is 0 Å². The molecular formula is C22H22F3N3O2. The fraction of sp³-hybridized carbons (Fsp3) is 0.273. The molecular weight excluding hydrogens is 395 g/mol. The van der Waals surface area contributed by atoms with Crippen LogP contribution < -0.4 is 10.1 Å². The number of carbonyl (C=O) groups is 1. The first kappa shape index (κ1) is 21.4. The number of carbonyl (C=O) groups excluding carboxylic acids is 1. The van der Waals surface area contributed by atoms with Crippen LogP contribution in [0.5, 0.6) is 5.75 Å². The smallest absolute Gasteiger partial charge is 0.387 e. The summed E-state index contributed by atoms with van der Waals surface area (Å²) >= 11 is 0. The number of nitrogens with zero attached hydrogens (tertiary/aromatic N) is 2. The first-order valence-corrected chi connectivity index (χ1v) is 9.45. The maximum absolute atomic E-state index is 13.2. The Bertz CT molecular complexity index is 1000. The van der Waals surface area contributed by atoms with E-state index >= 15 is 0 Å². The molecule has 0 bridgehead atoms. The van der Waals surface area contributed by atoms with E-state index in [2.05, 4.69) is 15.2 Å². The van der Waals surface area contributed by atoms with Gasteiger partial charge in [-0.15, -0.1) is 0 Å². The van der Waals surface area contributed by atoms with Gasteiger partial charge in [0.2, 0.25) is 5.91 Å². The second kappa shape index (κ2) is 9.47. The maximum atomic E-state index is 13.2. The molecule has 158 valence electrons. The van der Waals surface area contributed by atoms with E-state index < -0.39 is 6.61 Å². The standard InChI is InChI=1S/C22H22F3N3O2/c1-14-20(15(2)28(27-14)18-7-5-17(23)6-8-18)13-21(29)26-12-11-16-3-9-19(10-4-16)30-22(24)25/h3-10,22H,11-13H2,1-2H3,(H,26,29). The van der Waals surface area contributed by atoms with Gasteiger partial charge in [0.05, 0.1) is 17.8 Å². The molecule has 0 atom stereocenters. The van der Waals surface area contributed by atoms with E-state index in [-0.39, 0.29) is 23.9 Å². The third-order valence-electron chi connectivity index (χ3n) is 4.73. The molecule has 5 nitrogen and oxygen atoms in total. The number of hydrogen-bond acceptors (Lipinski definition) is 3. The molecule has 2 aromatic carbocycles.